The molecule has 2 aliphatic rings. The topological polar surface area (TPSA) is 58.6 Å². The van der Waals surface area contributed by atoms with Gasteiger partial charge in [-0.25, -0.2) is 13.1 Å². The first-order valence-corrected chi connectivity index (χ1v) is 13.6. The molecule has 4 rings (SSSR count). The van der Waals surface area contributed by atoms with Crippen molar-refractivity contribution in [2.75, 3.05) is 24.3 Å². The minimum atomic E-state index is -4.40. The van der Waals surface area contributed by atoms with E-state index in [9.17, 15) is 21.6 Å². The summed E-state index contributed by atoms with van der Waals surface area (Å²) in [6.45, 7) is 0.849. The molecule has 0 aromatic heterocycles. The van der Waals surface area contributed by atoms with Crippen molar-refractivity contribution in [2.45, 2.75) is 62.4 Å². The number of rotatable bonds is 7. The molecule has 1 aliphatic carbocycles. The molecule has 0 bridgehead atoms. The van der Waals surface area contributed by atoms with Crippen LogP contribution < -0.4 is 9.62 Å². The number of anilines is 1. The lowest BCUT2D eigenvalue weighted by Crippen LogP contribution is -2.48. The molecule has 9 heteroatoms. The van der Waals surface area contributed by atoms with Crippen LogP contribution in [-0.2, 0) is 20.9 Å². The van der Waals surface area contributed by atoms with Crippen molar-refractivity contribution in [3.05, 3.63) is 65.7 Å². The van der Waals surface area contributed by atoms with E-state index >= 15 is 0 Å². The molecule has 2 atom stereocenters. The van der Waals surface area contributed by atoms with Gasteiger partial charge >= 0.3 is 6.18 Å². The summed E-state index contributed by atoms with van der Waals surface area (Å²) in [4.78, 5) is 1.96. The molecule has 1 aliphatic heterocycles. The van der Waals surface area contributed by atoms with Crippen molar-refractivity contribution in [3.63, 3.8) is 0 Å². The highest BCUT2D eigenvalue weighted by atomic mass is 32.2. The van der Waals surface area contributed by atoms with Crippen molar-refractivity contribution in [1.82, 2.24) is 4.72 Å². The van der Waals surface area contributed by atoms with Gasteiger partial charge in [-0.05, 0) is 67.9 Å². The van der Waals surface area contributed by atoms with Crippen molar-refractivity contribution in [2.24, 2.45) is 0 Å². The van der Waals surface area contributed by atoms with E-state index in [1.807, 2.05) is 11.0 Å². The van der Waals surface area contributed by atoms with Gasteiger partial charge in [-0.2, -0.15) is 13.2 Å². The Labute approximate surface area is 199 Å². The van der Waals surface area contributed by atoms with Crippen LogP contribution in [0.15, 0.2) is 54.6 Å². The zero-order valence-electron chi connectivity index (χ0n) is 19.2. The van der Waals surface area contributed by atoms with Crippen LogP contribution in [0, 0.1) is 0 Å². The fraction of sp³-hybridized carbons (Fsp3) is 0.520. The van der Waals surface area contributed by atoms with Crippen molar-refractivity contribution < 1.29 is 26.3 Å². The lowest BCUT2D eigenvalue weighted by atomic mass is 9.83. The Kier molecular flexibility index (Phi) is 7.54. The van der Waals surface area contributed by atoms with Crippen molar-refractivity contribution in [3.8, 4) is 0 Å². The first-order chi connectivity index (χ1) is 16.1. The summed E-state index contributed by atoms with van der Waals surface area (Å²) in [5.41, 5.74) is 1.28. The number of nitrogens with one attached hydrogen (secondary N) is 1. The Morgan fingerprint density at radius 2 is 1.62 bits per heavy atom. The maximum absolute atomic E-state index is 13.0. The van der Waals surface area contributed by atoms with Crippen LogP contribution in [0.4, 0.5) is 18.9 Å². The molecule has 1 saturated carbocycles. The summed E-state index contributed by atoms with van der Waals surface area (Å²) in [7, 11) is -3.43. The number of ether oxygens (including phenoxy) is 1. The van der Waals surface area contributed by atoms with Gasteiger partial charge in [0.15, 0.2) is 0 Å². The number of hydrogen-bond acceptors (Lipinski definition) is 4. The van der Waals surface area contributed by atoms with E-state index in [1.165, 1.54) is 17.7 Å². The fourth-order valence-electron chi connectivity index (χ4n) is 5.16. The fourth-order valence-corrected chi connectivity index (χ4v) is 5.98. The van der Waals surface area contributed by atoms with Gasteiger partial charge in [-0.15, -0.1) is 0 Å². The van der Waals surface area contributed by atoms with Crippen LogP contribution in [0.5, 0.6) is 0 Å². The van der Waals surface area contributed by atoms with Crippen LogP contribution in [0.2, 0.25) is 0 Å². The number of nitrogens with zero attached hydrogens (tertiary/aromatic N) is 1. The molecule has 5 nitrogen and oxygen atoms in total. The lowest BCUT2D eigenvalue weighted by Gasteiger charge is -2.34. The number of sulfonamides is 1. The average molecular weight is 497 g/mol. The molecule has 2 aromatic carbocycles. The predicted molar refractivity (Wildman–Crippen MR) is 126 cm³/mol. The van der Waals surface area contributed by atoms with Gasteiger partial charge in [0.25, 0.3) is 0 Å². The minimum Gasteiger partial charge on any atom is -0.376 e. The normalized spacial score (nSPS) is 26.1. The highest BCUT2D eigenvalue weighted by Crippen LogP contribution is 2.35. The van der Waals surface area contributed by atoms with Crippen LogP contribution in [0.3, 0.4) is 0 Å². The maximum Gasteiger partial charge on any atom is 0.416 e. The van der Waals surface area contributed by atoms with Crippen LogP contribution in [0.1, 0.15) is 49.1 Å². The molecule has 1 saturated heterocycles. The predicted octanol–water partition coefficient (Wildman–Crippen LogP) is 4.94. The molecule has 0 radical (unpaired) electrons. The van der Waals surface area contributed by atoms with E-state index in [2.05, 4.69) is 29.0 Å². The smallest absolute Gasteiger partial charge is 0.376 e. The SMILES string of the molecule is CS(=O)(=O)NC1CCN(c2ccc(C(F)(F)F)cc2)[C@H]1CO[C@H]1CC[C@@H](c2ccccc2)CC1. The summed E-state index contributed by atoms with van der Waals surface area (Å²) >= 11 is 0. The first kappa shape index (κ1) is 25.0. The Hall–Kier alpha value is -2.10. The van der Waals surface area contributed by atoms with E-state index in [0.717, 1.165) is 44.1 Å². The molecule has 1 heterocycles. The van der Waals surface area contributed by atoms with Crippen LogP contribution >= 0.6 is 0 Å². The molecule has 2 fully saturated rings. The molecule has 34 heavy (non-hydrogen) atoms. The van der Waals surface area contributed by atoms with E-state index in [-0.39, 0.29) is 18.2 Å². The van der Waals surface area contributed by atoms with Crippen molar-refractivity contribution in [1.29, 1.82) is 0 Å². The third-order valence-corrected chi connectivity index (χ3v) is 7.62. The van der Waals surface area contributed by atoms with E-state index in [0.29, 0.717) is 31.2 Å². The summed E-state index contributed by atoms with van der Waals surface area (Å²) in [6.07, 6.45) is 1.30. The first-order valence-electron chi connectivity index (χ1n) is 11.7. The quantitative estimate of drug-likeness (QED) is 0.590. The number of halogens is 3. The standard InChI is InChI=1S/C25H31F3N2O3S/c1-34(31,32)29-23-15-16-30(21-11-9-20(10-12-21)25(26,27)28)24(23)17-33-22-13-7-19(8-14-22)18-5-3-2-4-6-18/h2-6,9-12,19,22-24,29H,7-8,13-17H2,1H3/t19-,22+,23?,24-/m0/s1. The van der Waals surface area contributed by atoms with E-state index in [4.69, 9.17) is 4.74 Å². The molecule has 2 aromatic rings. The van der Waals surface area contributed by atoms with Gasteiger partial charge in [0.05, 0.1) is 30.6 Å². The molecule has 1 N–H and O–H groups in total. The van der Waals surface area contributed by atoms with Gasteiger partial charge in [0.1, 0.15) is 0 Å². The maximum atomic E-state index is 13.0. The number of benzene rings is 2. The second kappa shape index (κ2) is 10.3. The zero-order chi connectivity index (χ0) is 24.3. The monoisotopic (exact) mass is 496 g/mol. The number of alkyl halides is 3. The van der Waals surface area contributed by atoms with Gasteiger partial charge in [0.2, 0.25) is 10.0 Å². The largest absolute Gasteiger partial charge is 0.416 e. The summed E-state index contributed by atoms with van der Waals surface area (Å²) in [6, 6.07) is 14.8. The van der Waals surface area contributed by atoms with Crippen LogP contribution in [-0.4, -0.2) is 46.0 Å². The van der Waals surface area contributed by atoms with Crippen molar-refractivity contribution >= 4 is 15.7 Å². The average Bonchev–Trinajstić information content (AvgIpc) is 3.19. The van der Waals surface area contributed by atoms with Gasteiger partial charge in [0, 0.05) is 18.3 Å². The van der Waals surface area contributed by atoms with Crippen LogP contribution in [0.25, 0.3) is 0 Å². The third kappa shape index (κ3) is 6.31. The van der Waals surface area contributed by atoms with Gasteiger partial charge in [-0.1, -0.05) is 30.3 Å². The Morgan fingerprint density at radius 3 is 2.21 bits per heavy atom. The van der Waals surface area contributed by atoms with E-state index < -0.39 is 21.8 Å². The molecule has 0 amide bonds. The lowest BCUT2D eigenvalue weighted by molar-refractivity contribution is -0.137. The summed E-state index contributed by atoms with van der Waals surface area (Å²) in [5.74, 6) is 0.524. The Morgan fingerprint density at radius 1 is 0.971 bits per heavy atom. The zero-order valence-corrected chi connectivity index (χ0v) is 20.0. The van der Waals surface area contributed by atoms with E-state index in [1.54, 1.807) is 0 Å². The summed E-state index contributed by atoms with van der Waals surface area (Å²) < 4.78 is 71.7. The Bertz CT molecular complexity index is 1040. The minimum absolute atomic E-state index is 0.0916. The van der Waals surface area contributed by atoms with Gasteiger partial charge < -0.3 is 9.64 Å². The number of hydrogen-bond donors (Lipinski definition) is 1. The highest BCUT2D eigenvalue weighted by Gasteiger charge is 2.37. The second-order valence-electron chi connectivity index (χ2n) is 9.31. The highest BCUT2D eigenvalue weighted by molar-refractivity contribution is 7.88. The summed E-state index contributed by atoms with van der Waals surface area (Å²) in [5, 5.41) is 0. The molecular weight excluding hydrogens is 465 g/mol. The molecule has 1 unspecified atom stereocenters. The molecular formula is C25H31F3N2O3S. The second-order valence-corrected chi connectivity index (χ2v) is 11.1. The molecule has 186 valence electrons. The Balaban J connectivity index is 1.41. The third-order valence-electron chi connectivity index (χ3n) is 6.89. The van der Waals surface area contributed by atoms with Gasteiger partial charge in [-0.3, -0.25) is 0 Å². The molecule has 0 spiro atoms.